The second kappa shape index (κ2) is 6.61. The number of aromatic nitrogens is 1. The van der Waals surface area contributed by atoms with Crippen molar-refractivity contribution >= 4 is 16.8 Å². The number of hydrogen-bond acceptors (Lipinski definition) is 2. The van der Waals surface area contributed by atoms with E-state index in [-0.39, 0.29) is 11.8 Å². The highest BCUT2D eigenvalue weighted by molar-refractivity contribution is 6.06. The number of amides is 1. The lowest BCUT2D eigenvalue weighted by Gasteiger charge is -2.12. The molecule has 0 saturated heterocycles. The second-order valence-electron chi connectivity index (χ2n) is 5.93. The van der Waals surface area contributed by atoms with E-state index < -0.39 is 0 Å². The van der Waals surface area contributed by atoms with E-state index in [0.717, 1.165) is 22.2 Å². The summed E-state index contributed by atoms with van der Waals surface area (Å²) in [5, 5.41) is 3.90. The molecule has 0 aliphatic carbocycles. The lowest BCUT2D eigenvalue weighted by Crippen LogP contribution is -2.23. The largest absolute Gasteiger partial charge is 0.348 e. The maximum absolute atomic E-state index is 12.7. The van der Waals surface area contributed by atoms with Crippen LogP contribution in [0.15, 0.2) is 60.7 Å². The van der Waals surface area contributed by atoms with Crippen molar-refractivity contribution in [2.45, 2.75) is 26.3 Å². The molecule has 1 amide bonds. The van der Waals surface area contributed by atoms with Crippen LogP contribution in [0.4, 0.5) is 0 Å². The first-order chi connectivity index (χ1) is 11.1. The molecule has 0 atom stereocenters. The van der Waals surface area contributed by atoms with Crippen LogP contribution in [0.1, 0.15) is 41.4 Å². The van der Waals surface area contributed by atoms with Gasteiger partial charge < -0.3 is 5.32 Å². The molecule has 3 aromatic rings. The Balaban J connectivity index is 1.92. The van der Waals surface area contributed by atoms with Crippen molar-refractivity contribution in [3.05, 3.63) is 77.5 Å². The van der Waals surface area contributed by atoms with E-state index in [0.29, 0.717) is 12.1 Å². The Bertz CT molecular complexity index is 825. The van der Waals surface area contributed by atoms with Gasteiger partial charge in [-0.25, -0.2) is 0 Å². The van der Waals surface area contributed by atoms with Crippen molar-refractivity contribution in [2.75, 3.05) is 0 Å². The first kappa shape index (κ1) is 15.2. The number of hydrogen-bond donors (Lipinski definition) is 1. The highest BCUT2D eigenvalue weighted by Crippen LogP contribution is 2.22. The molecule has 0 radical (unpaired) electrons. The van der Waals surface area contributed by atoms with Gasteiger partial charge in [-0.2, -0.15) is 0 Å². The summed E-state index contributed by atoms with van der Waals surface area (Å²) < 4.78 is 0. The molecule has 116 valence electrons. The molecule has 1 heterocycles. The Morgan fingerprint density at radius 3 is 2.48 bits per heavy atom. The Morgan fingerprint density at radius 1 is 1.04 bits per heavy atom. The molecule has 3 rings (SSSR count). The monoisotopic (exact) mass is 304 g/mol. The minimum Gasteiger partial charge on any atom is -0.348 e. The maximum Gasteiger partial charge on any atom is 0.252 e. The average Bonchev–Trinajstić information content (AvgIpc) is 2.59. The highest BCUT2D eigenvalue weighted by Gasteiger charge is 2.14. The number of rotatable bonds is 4. The molecule has 0 unspecified atom stereocenters. The lowest BCUT2D eigenvalue weighted by atomic mass is 10.0. The number of carbonyl (C=O) groups is 1. The minimum atomic E-state index is -0.0608. The van der Waals surface area contributed by atoms with Crippen LogP contribution >= 0.6 is 0 Å². The Kier molecular flexibility index (Phi) is 4.38. The van der Waals surface area contributed by atoms with Gasteiger partial charge in [0.05, 0.1) is 11.1 Å². The highest BCUT2D eigenvalue weighted by atomic mass is 16.1. The third-order valence-electron chi connectivity index (χ3n) is 3.87. The van der Waals surface area contributed by atoms with E-state index in [1.807, 2.05) is 60.7 Å². The van der Waals surface area contributed by atoms with Crippen LogP contribution in [0.3, 0.4) is 0 Å². The summed E-state index contributed by atoms with van der Waals surface area (Å²) in [5.41, 5.74) is 3.58. The van der Waals surface area contributed by atoms with Crippen molar-refractivity contribution in [1.82, 2.24) is 10.3 Å². The molecular weight excluding hydrogens is 284 g/mol. The molecule has 0 saturated carbocycles. The Hall–Kier alpha value is -2.68. The zero-order valence-electron chi connectivity index (χ0n) is 13.4. The van der Waals surface area contributed by atoms with Crippen molar-refractivity contribution in [2.24, 2.45) is 0 Å². The van der Waals surface area contributed by atoms with E-state index in [1.165, 1.54) is 0 Å². The summed E-state index contributed by atoms with van der Waals surface area (Å²) in [6, 6.07) is 19.6. The lowest BCUT2D eigenvalue weighted by molar-refractivity contribution is 0.0952. The number of carbonyl (C=O) groups excluding carboxylic acids is 1. The molecule has 0 fully saturated rings. The first-order valence-corrected chi connectivity index (χ1v) is 7.87. The molecule has 1 N–H and O–H groups in total. The first-order valence-electron chi connectivity index (χ1n) is 7.87. The summed E-state index contributed by atoms with van der Waals surface area (Å²) in [4.78, 5) is 17.3. The van der Waals surface area contributed by atoms with E-state index in [9.17, 15) is 4.79 Å². The number of fused-ring (bicyclic) bond motifs is 1. The molecule has 0 spiro atoms. The van der Waals surface area contributed by atoms with E-state index in [4.69, 9.17) is 0 Å². The van der Waals surface area contributed by atoms with Crippen LogP contribution in [0.25, 0.3) is 10.9 Å². The van der Waals surface area contributed by atoms with Crippen molar-refractivity contribution in [1.29, 1.82) is 0 Å². The van der Waals surface area contributed by atoms with Gasteiger partial charge in [-0.3, -0.25) is 9.78 Å². The van der Waals surface area contributed by atoms with Gasteiger partial charge in [-0.15, -0.1) is 0 Å². The predicted octanol–water partition coefficient (Wildman–Crippen LogP) is 4.29. The summed E-state index contributed by atoms with van der Waals surface area (Å²) in [6.07, 6.45) is 0. The van der Waals surface area contributed by atoms with Crippen LogP contribution in [-0.4, -0.2) is 10.9 Å². The third kappa shape index (κ3) is 3.39. The topological polar surface area (TPSA) is 42.0 Å². The van der Waals surface area contributed by atoms with Crippen LogP contribution in [0, 0.1) is 0 Å². The van der Waals surface area contributed by atoms with Crippen LogP contribution in [0.2, 0.25) is 0 Å². The molecule has 23 heavy (non-hydrogen) atoms. The quantitative estimate of drug-likeness (QED) is 0.781. The average molecular weight is 304 g/mol. The Labute approximate surface area is 136 Å². The molecule has 3 heteroatoms. The minimum absolute atomic E-state index is 0.0608. The number of para-hydroxylation sites is 1. The third-order valence-corrected chi connectivity index (χ3v) is 3.87. The van der Waals surface area contributed by atoms with E-state index >= 15 is 0 Å². The number of nitrogens with one attached hydrogen (secondary N) is 1. The van der Waals surface area contributed by atoms with E-state index in [2.05, 4.69) is 24.1 Å². The van der Waals surface area contributed by atoms with Gasteiger partial charge in [0.2, 0.25) is 0 Å². The van der Waals surface area contributed by atoms with Gasteiger partial charge in [0, 0.05) is 17.6 Å². The van der Waals surface area contributed by atoms with Crippen LogP contribution in [0.5, 0.6) is 0 Å². The number of benzene rings is 2. The molecule has 1 aromatic heterocycles. The zero-order chi connectivity index (χ0) is 16.2. The predicted molar refractivity (Wildman–Crippen MR) is 93.4 cm³/mol. The smallest absolute Gasteiger partial charge is 0.252 e. The second-order valence-corrected chi connectivity index (χ2v) is 5.93. The fourth-order valence-electron chi connectivity index (χ4n) is 2.55. The molecular formula is C20H20N2O. The van der Waals surface area contributed by atoms with Gasteiger partial charge in [-0.1, -0.05) is 62.4 Å². The summed E-state index contributed by atoms with van der Waals surface area (Å²) in [5.74, 6) is 0.217. The standard InChI is InChI=1S/C20H20N2O/c1-14(2)19-12-17(16-10-6-7-11-18(16)22-19)20(23)21-13-15-8-4-3-5-9-15/h3-12,14H,13H2,1-2H3,(H,21,23). The SMILES string of the molecule is CC(C)c1cc(C(=O)NCc2ccccc2)c2ccccc2n1. The maximum atomic E-state index is 12.7. The molecule has 2 aromatic carbocycles. The normalized spacial score (nSPS) is 10.9. The number of nitrogens with zero attached hydrogens (tertiary/aromatic N) is 1. The van der Waals surface area contributed by atoms with Gasteiger partial charge in [0.25, 0.3) is 5.91 Å². The van der Waals surface area contributed by atoms with Crippen LogP contribution in [-0.2, 0) is 6.54 Å². The number of pyridine rings is 1. The van der Waals surface area contributed by atoms with Crippen molar-refractivity contribution < 1.29 is 4.79 Å². The van der Waals surface area contributed by atoms with Crippen molar-refractivity contribution in [3.8, 4) is 0 Å². The van der Waals surface area contributed by atoms with Gasteiger partial charge in [0.15, 0.2) is 0 Å². The van der Waals surface area contributed by atoms with Gasteiger partial charge >= 0.3 is 0 Å². The van der Waals surface area contributed by atoms with Gasteiger partial charge in [0.1, 0.15) is 0 Å². The Morgan fingerprint density at radius 2 is 1.74 bits per heavy atom. The molecule has 0 bridgehead atoms. The summed E-state index contributed by atoms with van der Waals surface area (Å²) in [7, 11) is 0. The van der Waals surface area contributed by atoms with Gasteiger partial charge in [-0.05, 0) is 23.6 Å². The summed E-state index contributed by atoms with van der Waals surface area (Å²) >= 11 is 0. The molecule has 0 aliphatic heterocycles. The van der Waals surface area contributed by atoms with Crippen LogP contribution < -0.4 is 5.32 Å². The van der Waals surface area contributed by atoms with Crippen molar-refractivity contribution in [3.63, 3.8) is 0 Å². The van der Waals surface area contributed by atoms with E-state index in [1.54, 1.807) is 0 Å². The summed E-state index contributed by atoms with van der Waals surface area (Å²) in [6.45, 7) is 4.69. The fourth-order valence-corrected chi connectivity index (χ4v) is 2.55. The molecule has 3 nitrogen and oxygen atoms in total. The molecule has 0 aliphatic rings. The fraction of sp³-hybridized carbons (Fsp3) is 0.200. The zero-order valence-corrected chi connectivity index (χ0v) is 13.4.